The summed E-state index contributed by atoms with van der Waals surface area (Å²) in [5.74, 6) is 1.20. The molecule has 0 aliphatic carbocycles. The molecular formula is C16H11BrN2O2. The maximum absolute atomic E-state index is 11.3. The predicted molar refractivity (Wildman–Crippen MR) is 82.3 cm³/mol. The van der Waals surface area contributed by atoms with Crippen LogP contribution in [-0.4, -0.2) is 5.91 Å². The summed E-state index contributed by atoms with van der Waals surface area (Å²) in [5, 5.41) is 11.9. The second kappa shape index (κ2) is 5.58. The number of carbonyl (C=O) groups is 1. The first-order valence-electron chi connectivity index (χ1n) is 6.46. The van der Waals surface area contributed by atoms with Crippen molar-refractivity contribution in [2.24, 2.45) is 0 Å². The van der Waals surface area contributed by atoms with Gasteiger partial charge in [-0.05, 0) is 48.4 Å². The van der Waals surface area contributed by atoms with Crippen LogP contribution in [-0.2, 0) is 11.2 Å². The van der Waals surface area contributed by atoms with E-state index in [4.69, 9.17) is 10.00 Å². The molecule has 5 heteroatoms. The lowest BCUT2D eigenvalue weighted by atomic mass is 10.0. The Hall–Kier alpha value is -2.32. The van der Waals surface area contributed by atoms with Gasteiger partial charge in [-0.2, -0.15) is 5.26 Å². The highest BCUT2D eigenvalue weighted by Crippen LogP contribution is 2.32. The molecule has 1 aliphatic heterocycles. The molecule has 0 atom stereocenters. The highest BCUT2D eigenvalue weighted by Gasteiger charge is 2.15. The fraction of sp³-hybridized carbons (Fsp3) is 0.125. The van der Waals surface area contributed by atoms with Gasteiger partial charge in [-0.3, -0.25) is 4.79 Å². The second-order valence-electron chi connectivity index (χ2n) is 4.72. The van der Waals surface area contributed by atoms with Crippen molar-refractivity contribution < 1.29 is 9.53 Å². The average Bonchev–Trinajstić information content (AvgIpc) is 2.48. The van der Waals surface area contributed by atoms with E-state index in [1.165, 1.54) is 0 Å². The largest absolute Gasteiger partial charge is 0.456 e. The number of fused-ring (bicyclic) bond motifs is 1. The highest BCUT2D eigenvalue weighted by molar-refractivity contribution is 9.10. The van der Waals surface area contributed by atoms with Gasteiger partial charge in [0, 0.05) is 16.6 Å². The van der Waals surface area contributed by atoms with Crippen LogP contribution in [0.2, 0.25) is 0 Å². The van der Waals surface area contributed by atoms with Crippen molar-refractivity contribution in [1.29, 1.82) is 5.26 Å². The quantitative estimate of drug-likeness (QED) is 0.897. The van der Waals surface area contributed by atoms with Crippen molar-refractivity contribution in [3.63, 3.8) is 0 Å². The van der Waals surface area contributed by atoms with E-state index in [1.54, 1.807) is 24.3 Å². The van der Waals surface area contributed by atoms with Gasteiger partial charge >= 0.3 is 0 Å². The van der Waals surface area contributed by atoms with Crippen LogP contribution in [0.25, 0.3) is 0 Å². The number of amides is 1. The highest BCUT2D eigenvalue weighted by atomic mass is 79.9. The Morgan fingerprint density at radius 1 is 1.19 bits per heavy atom. The molecule has 0 fully saturated rings. The van der Waals surface area contributed by atoms with E-state index < -0.39 is 0 Å². The third-order valence-electron chi connectivity index (χ3n) is 3.26. The Labute approximate surface area is 130 Å². The monoisotopic (exact) mass is 342 g/mol. The number of nitrogens with zero attached hydrogens (tertiary/aromatic N) is 1. The van der Waals surface area contributed by atoms with Gasteiger partial charge in [-0.25, -0.2) is 0 Å². The number of carbonyl (C=O) groups excluding carboxylic acids is 1. The summed E-state index contributed by atoms with van der Waals surface area (Å²) < 4.78 is 6.66. The number of halogens is 1. The third-order valence-corrected chi connectivity index (χ3v) is 3.76. The minimum absolute atomic E-state index is 0.0370. The maximum atomic E-state index is 11.3. The topological polar surface area (TPSA) is 62.1 Å². The molecule has 21 heavy (non-hydrogen) atoms. The van der Waals surface area contributed by atoms with Crippen LogP contribution in [0.3, 0.4) is 0 Å². The fourth-order valence-corrected chi connectivity index (χ4v) is 2.56. The Balaban J connectivity index is 1.91. The Morgan fingerprint density at radius 3 is 2.86 bits per heavy atom. The summed E-state index contributed by atoms with van der Waals surface area (Å²) in [6.45, 7) is 0. The number of hydrogen-bond acceptors (Lipinski definition) is 3. The molecule has 4 nitrogen and oxygen atoms in total. The van der Waals surface area contributed by atoms with Crippen LogP contribution in [0.4, 0.5) is 5.69 Å². The van der Waals surface area contributed by atoms with Crippen LogP contribution in [0.1, 0.15) is 17.5 Å². The molecule has 104 valence electrons. The summed E-state index contributed by atoms with van der Waals surface area (Å²) in [6, 6.07) is 12.9. The van der Waals surface area contributed by atoms with E-state index in [0.29, 0.717) is 29.9 Å². The van der Waals surface area contributed by atoms with Gasteiger partial charge in [0.15, 0.2) is 0 Å². The summed E-state index contributed by atoms with van der Waals surface area (Å²) >= 11 is 3.37. The SMILES string of the molecule is N#Cc1ccc(Br)cc1Oc1ccc2c(c1)CCC(=O)N2. The van der Waals surface area contributed by atoms with Crippen molar-refractivity contribution in [2.75, 3.05) is 5.32 Å². The summed E-state index contributed by atoms with van der Waals surface area (Å²) in [5.41, 5.74) is 2.35. The number of nitrogens with one attached hydrogen (secondary N) is 1. The van der Waals surface area contributed by atoms with Crippen LogP contribution in [0, 0.1) is 11.3 Å². The minimum Gasteiger partial charge on any atom is -0.456 e. The van der Waals surface area contributed by atoms with E-state index in [0.717, 1.165) is 15.7 Å². The molecule has 0 saturated carbocycles. The van der Waals surface area contributed by atoms with Gasteiger partial charge in [0.2, 0.25) is 5.91 Å². The first kappa shape index (κ1) is 13.7. The number of benzene rings is 2. The molecule has 0 unspecified atom stereocenters. The minimum atomic E-state index is 0.0370. The van der Waals surface area contributed by atoms with E-state index >= 15 is 0 Å². The molecular weight excluding hydrogens is 332 g/mol. The molecule has 2 aromatic rings. The molecule has 1 aliphatic rings. The van der Waals surface area contributed by atoms with Crippen LogP contribution in [0.5, 0.6) is 11.5 Å². The normalized spacial score (nSPS) is 13.0. The Kier molecular flexibility index (Phi) is 3.63. The van der Waals surface area contributed by atoms with Gasteiger partial charge in [0.25, 0.3) is 0 Å². The molecule has 1 N–H and O–H groups in total. The standard InChI is InChI=1S/C16H11BrN2O2/c17-12-3-1-11(9-18)15(8-12)21-13-4-5-14-10(7-13)2-6-16(20)19-14/h1,3-5,7-8H,2,6H2,(H,19,20). The molecule has 0 aromatic heterocycles. The lowest BCUT2D eigenvalue weighted by Gasteiger charge is -2.17. The molecule has 1 heterocycles. The molecule has 0 bridgehead atoms. The smallest absolute Gasteiger partial charge is 0.224 e. The van der Waals surface area contributed by atoms with Gasteiger partial charge < -0.3 is 10.1 Å². The number of nitriles is 1. The molecule has 3 rings (SSSR count). The van der Waals surface area contributed by atoms with Crippen LogP contribution < -0.4 is 10.1 Å². The van der Waals surface area contributed by atoms with Gasteiger partial charge in [-0.1, -0.05) is 15.9 Å². The van der Waals surface area contributed by atoms with E-state index in [-0.39, 0.29) is 5.91 Å². The summed E-state index contributed by atoms with van der Waals surface area (Å²) in [6.07, 6.45) is 1.18. The average molecular weight is 343 g/mol. The zero-order chi connectivity index (χ0) is 14.8. The molecule has 2 aromatic carbocycles. The maximum Gasteiger partial charge on any atom is 0.224 e. The first-order chi connectivity index (χ1) is 10.2. The predicted octanol–water partition coefficient (Wildman–Crippen LogP) is 4.00. The van der Waals surface area contributed by atoms with Gasteiger partial charge in [-0.15, -0.1) is 0 Å². The van der Waals surface area contributed by atoms with Crippen molar-refractivity contribution in [2.45, 2.75) is 12.8 Å². The molecule has 1 amide bonds. The number of anilines is 1. The number of aryl methyl sites for hydroxylation is 1. The van der Waals surface area contributed by atoms with Gasteiger partial charge in [0.05, 0.1) is 5.56 Å². The number of ether oxygens (including phenoxy) is 1. The van der Waals surface area contributed by atoms with E-state index in [9.17, 15) is 4.79 Å². The van der Waals surface area contributed by atoms with E-state index in [1.807, 2.05) is 12.1 Å². The molecule has 0 spiro atoms. The lowest BCUT2D eigenvalue weighted by molar-refractivity contribution is -0.116. The first-order valence-corrected chi connectivity index (χ1v) is 7.25. The molecule has 0 radical (unpaired) electrons. The van der Waals surface area contributed by atoms with Crippen molar-refractivity contribution in [3.05, 3.63) is 52.0 Å². The van der Waals surface area contributed by atoms with E-state index in [2.05, 4.69) is 27.3 Å². The summed E-state index contributed by atoms with van der Waals surface area (Å²) in [4.78, 5) is 11.3. The fourth-order valence-electron chi connectivity index (χ4n) is 2.22. The zero-order valence-electron chi connectivity index (χ0n) is 11.0. The van der Waals surface area contributed by atoms with Crippen molar-refractivity contribution >= 4 is 27.5 Å². The Morgan fingerprint density at radius 2 is 2.05 bits per heavy atom. The zero-order valence-corrected chi connectivity index (χ0v) is 12.6. The number of rotatable bonds is 2. The van der Waals surface area contributed by atoms with Gasteiger partial charge in [0.1, 0.15) is 17.6 Å². The third kappa shape index (κ3) is 2.91. The van der Waals surface area contributed by atoms with Crippen molar-refractivity contribution in [1.82, 2.24) is 0 Å². The summed E-state index contributed by atoms with van der Waals surface area (Å²) in [7, 11) is 0. The Bertz CT molecular complexity index is 765. The van der Waals surface area contributed by atoms with Crippen LogP contribution in [0.15, 0.2) is 40.9 Å². The van der Waals surface area contributed by atoms with Crippen LogP contribution >= 0.6 is 15.9 Å². The number of hydrogen-bond donors (Lipinski definition) is 1. The lowest BCUT2D eigenvalue weighted by Crippen LogP contribution is -2.18. The van der Waals surface area contributed by atoms with Crippen molar-refractivity contribution in [3.8, 4) is 17.6 Å². The second-order valence-corrected chi connectivity index (χ2v) is 5.64. The molecule has 0 saturated heterocycles.